The van der Waals surface area contributed by atoms with E-state index in [2.05, 4.69) is 10.6 Å². The lowest BCUT2D eigenvalue weighted by molar-refractivity contribution is -0.122. The van der Waals surface area contributed by atoms with Crippen LogP contribution in [0.1, 0.15) is 25.7 Å². The maximum absolute atomic E-state index is 11.4. The molecular weight excluding hydrogens is 180 g/mol. The first-order valence-electron chi connectivity index (χ1n) is 5.39. The van der Waals surface area contributed by atoms with Gasteiger partial charge in [0.15, 0.2) is 0 Å². The van der Waals surface area contributed by atoms with Crippen LogP contribution in [0.3, 0.4) is 0 Å². The predicted octanol–water partition coefficient (Wildman–Crippen LogP) is 0.0320. The monoisotopic (exact) mass is 198 g/mol. The summed E-state index contributed by atoms with van der Waals surface area (Å²) in [5.74, 6) is 0.139. The Morgan fingerprint density at radius 1 is 1.50 bits per heavy atom. The Labute approximate surface area is 84.4 Å². The van der Waals surface area contributed by atoms with Crippen LogP contribution in [0.2, 0.25) is 0 Å². The van der Waals surface area contributed by atoms with Gasteiger partial charge in [-0.15, -0.1) is 0 Å². The van der Waals surface area contributed by atoms with Crippen LogP contribution in [-0.2, 0) is 9.53 Å². The summed E-state index contributed by atoms with van der Waals surface area (Å²) in [6.07, 6.45) is 4.56. The molecule has 2 rings (SSSR count). The summed E-state index contributed by atoms with van der Waals surface area (Å²) in [4.78, 5) is 11.4. The molecule has 0 aromatic carbocycles. The zero-order valence-electron chi connectivity index (χ0n) is 8.58. The highest BCUT2D eigenvalue weighted by Gasteiger charge is 2.41. The molecule has 4 heteroatoms. The van der Waals surface area contributed by atoms with Crippen molar-refractivity contribution in [3.05, 3.63) is 0 Å². The molecule has 80 valence electrons. The number of ether oxygens (including phenoxy) is 1. The van der Waals surface area contributed by atoms with Gasteiger partial charge in [-0.05, 0) is 26.3 Å². The van der Waals surface area contributed by atoms with E-state index in [-0.39, 0.29) is 11.9 Å². The number of hydrogen-bond donors (Lipinski definition) is 2. The Balaban J connectivity index is 1.73. The van der Waals surface area contributed by atoms with Crippen molar-refractivity contribution in [3.63, 3.8) is 0 Å². The van der Waals surface area contributed by atoms with Crippen LogP contribution in [0, 0.1) is 0 Å². The van der Waals surface area contributed by atoms with Gasteiger partial charge in [-0.25, -0.2) is 0 Å². The summed E-state index contributed by atoms with van der Waals surface area (Å²) >= 11 is 0. The zero-order chi connectivity index (χ0) is 9.97. The van der Waals surface area contributed by atoms with Crippen LogP contribution < -0.4 is 10.6 Å². The van der Waals surface area contributed by atoms with Gasteiger partial charge in [0.1, 0.15) is 0 Å². The molecule has 2 N–H and O–H groups in total. The van der Waals surface area contributed by atoms with E-state index in [0.717, 1.165) is 19.4 Å². The lowest BCUT2D eigenvalue weighted by Crippen LogP contribution is -2.42. The molecule has 2 fully saturated rings. The van der Waals surface area contributed by atoms with E-state index in [1.54, 1.807) is 0 Å². The Bertz CT molecular complexity index is 220. The van der Waals surface area contributed by atoms with Crippen molar-refractivity contribution in [2.24, 2.45) is 0 Å². The third kappa shape index (κ3) is 2.07. The molecule has 2 bridgehead atoms. The molecule has 3 atom stereocenters. The lowest BCUT2D eigenvalue weighted by Gasteiger charge is -2.19. The summed E-state index contributed by atoms with van der Waals surface area (Å²) in [7, 11) is 1.86. The summed E-state index contributed by atoms with van der Waals surface area (Å²) in [5.41, 5.74) is 0. The van der Waals surface area contributed by atoms with Gasteiger partial charge in [0, 0.05) is 13.0 Å². The number of nitrogens with one attached hydrogen (secondary N) is 2. The van der Waals surface area contributed by atoms with Crippen molar-refractivity contribution in [3.8, 4) is 0 Å². The van der Waals surface area contributed by atoms with Crippen molar-refractivity contribution in [1.82, 2.24) is 10.6 Å². The molecule has 0 aliphatic carbocycles. The fraction of sp³-hybridized carbons (Fsp3) is 0.900. The molecular formula is C10H18N2O2. The number of carbonyl (C=O) groups excluding carboxylic acids is 1. The van der Waals surface area contributed by atoms with E-state index < -0.39 is 0 Å². The summed E-state index contributed by atoms with van der Waals surface area (Å²) in [6, 6.07) is 0.276. The van der Waals surface area contributed by atoms with E-state index in [0.29, 0.717) is 18.6 Å². The van der Waals surface area contributed by atoms with Gasteiger partial charge in [0.2, 0.25) is 5.91 Å². The van der Waals surface area contributed by atoms with Gasteiger partial charge in [-0.1, -0.05) is 0 Å². The van der Waals surface area contributed by atoms with E-state index in [1.807, 2.05) is 7.05 Å². The molecule has 0 saturated carbocycles. The minimum atomic E-state index is 0.139. The third-order valence-electron chi connectivity index (χ3n) is 3.05. The maximum Gasteiger partial charge on any atom is 0.221 e. The van der Waals surface area contributed by atoms with Gasteiger partial charge in [-0.2, -0.15) is 0 Å². The molecule has 1 amide bonds. The predicted molar refractivity (Wildman–Crippen MR) is 53.0 cm³/mol. The molecule has 3 unspecified atom stereocenters. The average Bonchev–Trinajstić information content (AvgIpc) is 2.76. The van der Waals surface area contributed by atoms with Crippen molar-refractivity contribution in [2.75, 3.05) is 13.6 Å². The number of carbonyl (C=O) groups is 1. The highest BCUT2D eigenvalue weighted by Crippen LogP contribution is 2.34. The second kappa shape index (κ2) is 4.28. The Hall–Kier alpha value is -0.610. The minimum absolute atomic E-state index is 0.139. The van der Waals surface area contributed by atoms with Crippen LogP contribution in [0.15, 0.2) is 0 Å². The Morgan fingerprint density at radius 3 is 2.93 bits per heavy atom. The fourth-order valence-corrected chi connectivity index (χ4v) is 2.31. The zero-order valence-corrected chi connectivity index (χ0v) is 8.58. The van der Waals surface area contributed by atoms with Crippen molar-refractivity contribution in [2.45, 2.75) is 43.9 Å². The van der Waals surface area contributed by atoms with E-state index in [1.165, 1.54) is 6.42 Å². The van der Waals surface area contributed by atoms with Crippen molar-refractivity contribution < 1.29 is 9.53 Å². The van der Waals surface area contributed by atoms with Crippen molar-refractivity contribution in [1.29, 1.82) is 0 Å². The maximum atomic E-state index is 11.4. The molecule has 2 heterocycles. The second-order valence-electron chi connectivity index (χ2n) is 4.14. The topological polar surface area (TPSA) is 50.4 Å². The van der Waals surface area contributed by atoms with Crippen LogP contribution in [0.4, 0.5) is 0 Å². The van der Waals surface area contributed by atoms with Crippen LogP contribution in [0.25, 0.3) is 0 Å². The first-order chi connectivity index (χ1) is 6.79. The Kier molecular flexibility index (Phi) is 3.03. The highest BCUT2D eigenvalue weighted by atomic mass is 16.5. The van der Waals surface area contributed by atoms with E-state index in [4.69, 9.17) is 4.74 Å². The highest BCUT2D eigenvalue weighted by molar-refractivity contribution is 5.76. The average molecular weight is 198 g/mol. The molecule has 0 aromatic rings. The van der Waals surface area contributed by atoms with Gasteiger partial charge < -0.3 is 15.4 Å². The van der Waals surface area contributed by atoms with Crippen LogP contribution >= 0.6 is 0 Å². The first-order valence-corrected chi connectivity index (χ1v) is 5.39. The molecule has 2 aliphatic heterocycles. The number of rotatable bonds is 4. The number of fused-ring (bicyclic) bond motifs is 2. The molecule has 2 saturated heterocycles. The second-order valence-corrected chi connectivity index (χ2v) is 4.14. The number of hydrogen-bond acceptors (Lipinski definition) is 3. The normalized spacial score (nSPS) is 34.8. The molecule has 0 aromatic heterocycles. The molecule has 0 radical (unpaired) electrons. The smallest absolute Gasteiger partial charge is 0.221 e. The van der Waals surface area contributed by atoms with E-state index >= 15 is 0 Å². The van der Waals surface area contributed by atoms with Gasteiger partial charge in [0.25, 0.3) is 0 Å². The summed E-state index contributed by atoms with van der Waals surface area (Å²) in [6.45, 7) is 0.744. The Morgan fingerprint density at radius 2 is 2.36 bits per heavy atom. The number of amides is 1. The van der Waals surface area contributed by atoms with Gasteiger partial charge in [0.05, 0.1) is 18.2 Å². The van der Waals surface area contributed by atoms with Crippen molar-refractivity contribution >= 4 is 5.91 Å². The summed E-state index contributed by atoms with van der Waals surface area (Å²) < 4.78 is 5.66. The standard InChI is InChI=1S/C10H18N2O2/c1-11-5-4-10(13)12-8-6-7-2-3-9(8)14-7/h7-9,11H,2-6H2,1H3,(H,12,13). The van der Waals surface area contributed by atoms with Crippen LogP contribution in [0.5, 0.6) is 0 Å². The first kappa shape index (κ1) is 9.93. The van der Waals surface area contributed by atoms with Crippen LogP contribution in [-0.4, -0.2) is 37.7 Å². The SMILES string of the molecule is CNCCC(=O)NC1CC2CCC1O2. The lowest BCUT2D eigenvalue weighted by atomic mass is 9.95. The fourth-order valence-electron chi connectivity index (χ4n) is 2.31. The third-order valence-corrected chi connectivity index (χ3v) is 3.05. The molecule has 2 aliphatic rings. The largest absolute Gasteiger partial charge is 0.373 e. The minimum Gasteiger partial charge on any atom is -0.373 e. The molecule has 0 spiro atoms. The van der Waals surface area contributed by atoms with Gasteiger partial charge >= 0.3 is 0 Å². The van der Waals surface area contributed by atoms with Gasteiger partial charge in [-0.3, -0.25) is 4.79 Å². The van der Waals surface area contributed by atoms with E-state index in [9.17, 15) is 4.79 Å². The molecule has 4 nitrogen and oxygen atoms in total. The quantitative estimate of drug-likeness (QED) is 0.670. The molecule has 14 heavy (non-hydrogen) atoms. The summed E-state index contributed by atoms with van der Waals surface area (Å²) in [5, 5.41) is 6.01.